The zero-order valence-corrected chi connectivity index (χ0v) is 11.4. The summed E-state index contributed by atoms with van der Waals surface area (Å²) >= 11 is 1.35. The van der Waals surface area contributed by atoms with E-state index in [0.29, 0.717) is 5.03 Å². The van der Waals surface area contributed by atoms with Crippen LogP contribution in [0.5, 0.6) is 0 Å². The van der Waals surface area contributed by atoms with E-state index in [1.165, 1.54) is 24.0 Å². The number of nitrogens with zero attached hydrogens (tertiary/aromatic N) is 3. The maximum Gasteiger partial charge on any atom is 0.302 e. The van der Waals surface area contributed by atoms with Crippen molar-refractivity contribution in [2.24, 2.45) is 10.9 Å². The normalized spacial score (nSPS) is 11.5. The molecule has 0 saturated carbocycles. The summed E-state index contributed by atoms with van der Waals surface area (Å²) in [5.74, 6) is 0.586. The molecule has 1 aromatic heterocycles. The van der Waals surface area contributed by atoms with Gasteiger partial charge in [0.1, 0.15) is 0 Å². The molecule has 1 rings (SSSR count). The monoisotopic (exact) mass is 284 g/mol. The number of nitro groups is 1. The molecular weight excluding hydrogens is 268 g/mol. The van der Waals surface area contributed by atoms with Gasteiger partial charge in [0.05, 0.1) is 4.92 Å². The van der Waals surface area contributed by atoms with Gasteiger partial charge in [-0.05, 0) is 12.2 Å². The molecule has 0 bridgehead atoms. The minimum atomic E-state index is -0.511. The molecule has 0 aliphatic rings. The minimum Gasteiger partial charge on any atom is -0.409 e. The van der Waals surface area contributed by atoms with Crippen molar-refractivity contribution in [2.45, 2.75) is 31.2 Å². The van der Waals surface area contributed by atoms with Crippen molar-refractivity contribution in [3.8, 4) is 0 Å². The van der Waals surface area contributed by atoms with Gasteiger partial charge in [0.15, 0.2) is 10.9 Å². The van der Waals surface area contributed by atoms with Gasteiger partial charge in [-0.3, -0.25) is 10.1 Å². The Labute approximate surface area is 115 Å². The molecule has 19 heavy (non-hydrogen) atoms. The Morgan fingerprint density at radius 1 is 1.63 bits per heavy atom. The first-order valence-electron chi connectivity index (χ1n) is 5.85. The van der Waals surface area contributed by atoms with Gasteiger partial charge in [0, 0.05) is 17.8 Å². The van der Waals surface area contributed by atoms with Crippen LogP contribution >= 0.6 is 11.8 Å². The Morgan fingerprint density at radius 2 is 2.37 bits per heavy atom. The van der Waals surface area contributed by atoms with Gasteiger partial charge in [-0.1, -0.05) is 36.7 Å². The van der Waals surface area contributed by atoms with Crippen LogP contribution in [0.25, 0.3) is 0 Å². The van der Waals surface area contributed by atoms with Gasteiger partial charge in [0.2, 0.25) is 0 Å². The highest BCUT2D eigenvalue weighted by molar-refractivity contribution is 7.99. The molecule has 3 N–H and O–H groups in total. The summed E-state index contributed by atoms with van der Waals surface area (Å²) in [5, 5.41) is 22.7. The number of nitrogens with two attached hydrogens (primary N) is 1. The smallest absolute Gasteiger partial charge is 0.302 e. The quantitative estimate of drug-likeness (QED) is 0.151. The van der Waals surface area contributed by atoms with E-state index in [1.807, 2.05) is 0 Å². The first-order valence-corrected chi connectivity index (χ1v) is 6.83. The number of amidine groups is 1. The predicted octanol–water partition coefficient (Wildman–Crippen LogP) is 2.37. The maximum atomic E-state index is 11.0. The van der Waals surface area contributed by atoms with Crippen LogP contribution < -0.4 is 5.73 Å². The topological polar surface area (TPSA) is 115 Å². The molecule has 0 spiro atoms. The van der Waals surface area contributed by atoms with E-state index in [-0.39, 0.29) is 17.1 Å². The van der Waals surface area contributed by atoms with Crippen LogP contribution in [-0.2, 0) is 0 Å². The molecule has 0 saturated heterocycles. The van der Waals surface area contributed by atoms with E-state index >= 15 is 0 Å². The summed E-state index contributed by atoms with van der Waals surface area (Å²) in [6.07, 6.45) is 4.54. The van der Waals surface area contributed by atoms with Crippen LogP contribution in [-0.4, -0.2) is 26.7 Å². The molecule has 0 unspecified atom stereocenters. The molecular formula is C11H16N4O3S. The number of aromatic nitrogens is 1. The summed E-state index contributed by atoms with van der Waals surface area (Å²) in [6, 6.07) is 1.27. The van der Waals surface area contributed by atoms with Gasteiger partial charge in [0.25, 0.3) is 0 Å². The van der Waals surface area contributed by atoms with Crippen molar-refractivity contribution in [1.82, 2.24) is 4.98 Å². The molecule has 104 valence electrons. The van der Waals surface area contributed by atoms with Gasteiger partial charge < -0.3 is 10.9 Å². The van der Waals surface area contributed by atoms with Crippen LogP contribution in [0.2, 0.25) is 0 Å². The molecule has 0 aromatic carbocycles. The standard InChI is InChI=1S/C11H16N4O3S/c1-2-3-4-5-19-11-9(15(17)18)6-8(7-13-11)10(12)14-16/h6-7,16H,2-5H2,1H3,(H2,12,14). The highest BCUT2D eigenvalue weighted by Gasteiger charge is 2.17. The molecule has 0 amide bonds. The molecule has 7 nitrogen and oxygen atoms in total. The molecule has 1 aromatic rings. The largest absolute Gasteiger partial charge is 0.409 e. The number of hydrogen-bond acceptors (Lipinski definition) is 6. The van der Waals surface area contributed by atoms with Crippen molar-refractivity contribution < 1.29 is 10.1 Å². The summed E-state index contributed by atoms with van der Waals surface area (Å²) in [5.41, 5.74) is 5.49. The van der Waals surface area contributed by atoms with Crippen LogP contribution in [0.1, 0.15) is 31.7 Å². The van der Waals surface area contributed by atoms with Crippen LogP contribution in [0.15, 0.2) is 22.4 Å². The van der Waals surface area contributed by atoms with E-state index in [9.17, 15) is 10.1 Å². The fourth-order valence-electron chi connectivity index (χ4n) is 1.40. The van der Waals surface area contributed by atoms with E-state index in [2.05, 4.69) is 17.1 Å². The Balaban J connectivity index is 2.89. The van der Waals surface area contributed by atoms with Gasteiger partial charge in [-0.2, -0.15) is 0 Å². The summed E-state index contributed by atoms with van der Waals surface area (Å²) in [6.45, 7) is 2.09. The maximum absolute atomic E-state index is 11.0. The van der Waals surface area contributed by atoms with Crippen molar-refractivity contribution in [3.05, 3.63) is 27.9 Å². The predicted molar refractivity (Wildman–Crippen MR) is 73.7 cm³/mol. The molecule has 0 aliphatic carbocycles. The number of pyridine rings is 1. The summed E-state index contributed by atoms with van der Waals surface area (Å²) in [4.78, 5) is 14.5. The first-order chi connectivity index (χ1) is 9.10. The number of rotatable bonds is 7. The number of hydrogen-bond donors (Lipinski definition) is 2. The lowest BCUT2D eigenvalue weighted by Crippen LogP contribution is -2.14. The Bertz CT molecular complexity index is 479. The van der Waals surface area contributed by atoms with E-state index in [0.717, 1.165) is 25.0 Å². The zero-order chi connectivity index (χ0) is 14.3. The summed E-state index contributed by atoms with van der Waals surface area (Å²) in [7, 11) is 0. The number of unbranched alkanes of at least 4 members (excludes halogenated alkanes) is 2. The van der Waals surface area contributed by atoms with Crippen LogP contribution in [0.3, 0.4) is 0 Å². The van der Waals surface area contributed by atoms with Gasteiger partial charge >= 0.3 is 5.69 Å². The second-order valence-corrected chi connectivity index (χ2v) is 4.93. The van der Waals surface area contributed by atoms with E-state index < -0.39 is 4.92 Å². The number of thioether (sulfide) groups is 1. The van der Waals surface area contributed by atoms with E-state index in [4.69, 9.17) is 10.9 Å². The van der Waals surface area contributed by atoms with Crippen LogP contribution in [0.4, 0.5) is 5.69 Å². The molecule has 1 heterocycles. The molecule has 0 atom stereocenters. The lowest BCUT2D eigenvalue weighted by atomic mass is 10.2. The van der Waals surface area contributed by atoms with Crippen molar-refractivity contribution >= 4 is 23.3 Å². The third-order valence-electron chi connectivity index (χ3n) is 2.42. The van der Waals surface area contributed by atoms with Crippen molar-refractivity contribution in [1.29, 1.82) is 0 Å². The average Bonchev–Trinajstić information content (AvgIpc) is 2.42. The SMILES string of the molecule is CCCCCSc1ncc(C(N)=NO)cc1[N+](=O)[O-]. The highest BCUT2D eigenvalue weighted by atomic mass is 32.2. The highest BCUT2D eigenvalue weighted by Crippen LogP contribution is 2.28. The third-order valence-corrected chi connectivity index (χ3v) is 3.50. The van der Waals surface area contributed by atoms with E-state index in [1.54, 1.807) is 0 Å². The fraction of sp³-hybridized carbons (Fsp3) is 0.455. The minimum absolute atomic E-state index is 0.120. The zero-order valence-electron chi connectivity index (χ0n) is 10.6. The first kappa shape index (κ1) is 15.2. The van der Waals surface area contributed by atoms with Gasteiger partial charge in [-0.25, -0.2) is 4.98 Å². The Hall–Kier alpha value is -1.83. The molecule has 0 radical (unpaired) electrons. The Morgan fingerprint density at radius 3 is 2.95 bits per heavy atom. The molecule has 8 heteroatoms. The third kappa shape index (κ3) is 4.40. The number of oxime groups is 1. The van der Waals surface area contributed by atoms with Crippen molar-refractivity contribution in [2.75, 3.05) is 5.75 Å². The average molecular weight is 284 g/mol. The van der Waals surface area contributed by atoms with Crippen LogP contribution in [0, 0.1) is 10.1 Å². The second-order valence-electron chi connectivity index (χ2n) is 3.85. The fourth-order valence-corrected chi connectivity index (χ4v) is 2.35. The lowest BCUT2D eigenvalue weighted by Gasteiger charge is -2.04. The Kier molecular flexibility index (Phi) is 6.07. The lowest BCUT2D eigenvalue weighted by molar-refractivity contribution is -0.388. The van der Waals surface area contributed by atoms with Crippen molar-refractivity contribution in [3.63, 3.8) is 0 Å². The molecule has 0 fully saturated rings. The van der Waals surface area contributed by atoms with Gasteiger partial charge in [-0.15, -0.1) is 0 Å². The molecule has 0 aliphatic heterocycles. The second kappa shape index (κ2) is 7.57. The summed E-state index contributed by atoms with van der Waals surface area (Å²) < 4.78 is 0.